The van der Waals surface area contributed by atoms with Crippen LogP contribution in [0.3, 0.4) is 0 Å². The van der Waals surface area contributed by atoms with Crippen molar-refractivity contribution < 1.29 is 23.1 Å². The molecular weight excluding hydrogens is 383 g/mol. The molecule has 2 N–H and O–H groups in total. The molecule has 1 aromatic carbocycles. The molecule has 2 rings (SSSR count). The summed E-state index contributed by atoms with van der Waals surface area (Å²) in [5.41, 5.74) is 0.465. The third-order valence-electron chi connectivity index (χ3n) is 3.69. The van der Waals surface area contributed by atoms with Crippen molar-refractivity contribution in [3.05, 3.63) is 64.1 Å². The number of amides is 1. The van der Waals surface area contributed by atoms with E-state index in [9.17, 15) is 14.2 Å². The van der Waals surface area contributed by atoms with Gasteiger partial charge in [0.15, 0.2) is 11.4 Å². The number of carbonyl (C=O) groups is 1. The molecule has 0 bridgehead atoms. The van der Waals surface area contributed by atoms with Gasteiger partial charge in [0.05, 0.1) is 19.4 Å². The fourth-order valence-electron chi connectivity index (χ4n) is 2.46. The first-order valence-electron chi connectivity index (χ1n) is 9.04. The number of ether oxygens (including phenoxy) is 1. The number of rotatable bonds is 11. The number of pyridine rings is 1. The Morgan fingerprint density at radius 1 is 1.11 bits per heavy atom. The van der Waals surface area contributed by atoms with Crippen LogP contribution in [-0.2, 0) is 20.2 Å². The van der Waals surface area contributed by atoms with Crippen molar-refractivity contribution in [3.63, 3.8) is 0 Å². The summed E-state index contributed by atoms with van der Waals surface area (Å²) in [5.74, 6) is -0.609. The Morgan fingerprint density at radius 3 is 2.43 bits per heavy atom. The lowest BCUT2D eigenvalue weighted by molar-refractivity contribution is 0.0945. The third-order valence-corrected chi connectivity index (χ3v) is 5.76. The second kappa shape index (κ2) is 10.8. The van der Waals surface area contributed by atoms with Gasteiger partial charge in [0.1, 0.15) is 6.61 Å². The molecule has 1 amide bonds. The largest absolute Gasteiger partial charge is 0.483 e. The number of H-pyrrole nitrogens is 1. The summed E-state index contributed by atoms with van der Waals surface area (Å²) in [4.78, 5) is 27.4. The molecule has 0 aliphatic carbocycles. The highest BCUT2D eigenvalue weighted by atomic mass is 31.2. The van der Waals surface area contributed by atoms with E-state index in [0.717, 1.165) is 5.56 Å². The predicted molar refractivity (Wildman–Crippen MR) is 106 cm³/mol. The maximum atomic E-state index is 12.5. The van der Waals surface area contributed by atoms with Crippen LogP contribution in [-0.4, -0.2) is 36.8 Å². The molecule has 0 radical (unpaired) electrons. The van der Waals surface area contributed by atoms with E-state index in [4.69, 9.17) is 13.8 Å². The van der Waals surface area contributed by atoms with Gasteiger partial charge in [-0.25, -0.2) is 0 Å². The van der Waals surface area contributed by atoms with Crippen LogP contribution in [0.5, 0.6) is 5.75 Å². The topological polar surface area (TPSA) is 107 Å². The van der Waals surface area contributed by atoms with E-state index >= 15 is 0 Å². The monoisotopic (exact) mass is 408 g/mol. The molecule has 0 atom stereocenters. The number of nitrogens with one attached hydrogen (secondary N) is 2. The molecule has 1 aromatic heterocycles. The van der Waals surface area contributed by atoms with Crippen molar-refractivity contribution in [3.8, 4) is 5.75 Å². The highest BCUT2D eigenvalue weighted by Gasteiger charge is 2.24. The lowest BCUT2D eigenvalue weighted by Gasteiger charge is -2.17. The van der Waals surface area contributed by atoms with E-state index in [-0.39, 0.29) is 44.0 Å². The maximum absolute atomic E-state index is 12.5. The van der Waals surface area contributed by atoms with Crippen LogP contribution in [0.2, 0.25) is 0 Å². The van der Waals surface area contributed by atoms with E-state index in [1.165, 1.54) is 12.3 Å². The van der Waals surface area contributed by atoms with Gasteiger partial charge in [0.2, 0.25) is 5.43 Å². The average Bonchev–Trinajstić information content (AvgIpc) is 2.68. The minimum absolute atomic E-state index is 0.00563. The molecule has 28 heavy (non-hydrogen) atoms. The average molecular weight is 408 g/mol. The van der Waals surface area contributed by atoms with Crippen LogP contribution in [0.4, 0.5) is 0 Å². The Kier molecular flexibility index (Phi) is 8.44. The van der Waals surface area contributed by atoms with Gasteiger partial charge in [0, 0.05) is 18.8 Å². The predicted octanol–water partition coefficient (Wildman–Crippen LogP) is 2.95. The quantitative estimate of drug-likeness (QED) is 0.554. The van der Waals surface area contributed by atoms with Gasteiger partial charge in [-0.2, -0.15) is 0 Å². The summed E-state index contributed by atoms with van der Waals surface area (Å²) in [5, 5.41) is 2.62. The summed E-state index contributed by atoms with van der Waals surface area (Å²) in [7, 11) is -3.26. The minimum Gasteiger partial charge on any atom is -0.483 e. The standard InChI is InChI=1S/C19H25N2O6P/c1-3-26-28(24,27-4-2)13-12-21-19(23)17-18(16(22)10-11-20-17)25-14-15-8-6-5-7-9-15/h5-11H,3-4,12-14H2,1-2H3,(H,20,22)(H,21,23). The van der Waals surface area contributed by atoms with Crippen molar-refractivity contribution in [1.29, 1.82) is 0 Å². The van der Waals surface area contributed by atoms with Gasteiger partial charge in [-0.15, -0.1) is 0 Å². The molecule has 152 valence electrons. The van der Waals surface area contributed by atoms with Crippen LogP contribution in [0.25, 0.3) is 0 Å². The molecule has 2 aromatic rings. The Balaban J connectivity index is 2.03. The summed E-state index contributed by atoms with van der Waals surface area (Å²) >= 11 is 0. The van der Waals surface area contributed by atoms with Crippen LogP contribution < -0.4 is 15.5 Å². The van der Waals surface area contributed by atoms with Crippen LogP contribution in [0, 0.1) is 0 Å². The van der Waals surface area contributed by atoms with Gasteiger partial charge >= 0.3 is 7.60 Å². The zero-order valence-electron chi connectivity index (χ0n) is 16.0. The second-order valence-corrected chi connectivity index (χ2v) is 7.93. The lowest BCUT2D eigenvalue weighted by atomic mass is 10.2. The molecule has 8 nitrogen and oxygen atoms in total. The molecule has 0 aliphatic rings. The number of aromatic amines is 1. The van der Waals surface area contributed by atoms with Crippen molar-refractivity contribution in [2.24, 2.45) is 0 Å². The SMILES string of the molecule is CCOP(=O)(CCNC(=O)c1[nH]ccc(=O)c1OCc1ccccc1)OCC. The van der Waals surface area contributed by atoms with E-state index in [1.54, 1.807) is 13.8 Å². The molecule has 9 heteroatoms. The molecular formula is C19H25N2O6P. The zero-order valence-corrected chi connectivity index (χ0v) is 16.9. The Bertz CT molecular complexity index is 858. The van der Waals surface area contributed by atoms with Crippen molar-refractivity contribution >= 4 is 13.5 Å². The van der Waals surface area contributed by atoms with Crippen LogP contribution >= 0.6 is 7.60 Å². The molecule has 0 saturated heterocycles. The fraction of sp³-hybridized carbons (Fsp3) is 0.368. The summed E-state index contributed by atoms with van der Waals surface area (Å²) < 4.78 is 28.4. The van der Waals surface area contributed by atoms with Crippen molar-refractivity contribution in [1.82, 2.24) is 10.3 Å². The number of carbonyl (C=O) groups excluding carboxylic acids is 1. The van der Waals surface area contributed by atoms with Gasteiger partial charge in [-0.1, -0.05) is 30.3 Å². The summed E-state index contributed by atoms with van der Waals surface area (Å²) in [6, 6.07) is 10.6. The molecule has 0 fully saturated rings. The minimum atomic E-state index is -3.26. The normalized spacial score (nSPS) is 11.2. The summed E-state index contributed by atoms with van der Waals surface area (Å²) in [6.45, 7) is 4.14. The summed E-state index contributed by atoms with van der Waals surface area (Å²) in [6.07, 6.45) is 1.40. The van der Waals surface area contributed by atoms with E-state index in [1.807, 2.05) is 30.3 Å². The van der Waals surface area contributed by atoms with Crippen LogP contribution in [0.15, 0.2) is 47.4 Å². The fourth-order valence-corrected chi connectivity index (χ4v) is 3.97. The maximum Gasteiger partial charge on any atom is 0.332 e. The Labute approximate surface area is 163 Å². The first kappa shape index (κ1) is 21.9. The van der Waals surface area contributed by atoms with E-state index in [0.29, 0.717) is 0 Å². The Hall–Kier alpha value is -2.41. The number of hydrogen-bond acceptors (Lipinski definition) is 6. The number of hydrogen-bond donors (Lipinski definition) is 2. The van der Waals surface area contributed by atoms with Gasteiger partial charge < -0.3 is 24.1 Å². The zero-order chi connectivity index (χ0) is 20.4. The second-order valence-electron chi connectivity index (χ2n) is 5.75. The van der Waals surface area contributed by atoms with E-state index in [2.05, 4.69) is 10.3 Å². The van der Waals surface area contributed by atoms with Crippen molar-refractivity contribution in [2.45, 2.75) is 20.5 Å². The number of benzene rings is 1. The van der Waals surface area contributed by atoms with Gasteiger partial charge in [0.25, 0.3) is 5.91 Å². The van der Waals surface area contributed by atoms with Gasteiger partial charge in [-0.05, 0) is 19.4 Å². The van der Waals surface area contributed by atoms with Crippen molar-refractivity contribution in [2.75, 3.05) is 25.9 Å². The smallest absolute Gasteiger partial charge is 0.332 e. The molecule has 0 saturated carbocycles. The third kappa shape index (κ3) is 6.34. The lowest BCUT2D eigenvalue weighted by Crippen LogP contribution is -2.29. The first-order valence-corrected chi connectivity index (χ1v) is 10.8. The molecule has 0 unspecified atom stereocenters. The number of aromatic nitrogens is 1. The highest BCUT2D eigenvalue weighted by Crippen LogP contribution is 2.47. The molecule has 0 spiro atoms. The van der Waals surface area contributed by atoms with Crippen LogP contribution in [0.1, 0.15) is 29.9 Å². The molecule has 1 heterocycles. The van der Waals surface area contributed by atoms with Gasteiger partial charge in [-0.3, -0.25) is 14.2 Å². The first-order chi connectivity index (χ1) is 13.5. The molecule has 0 aliphatic heterocycles. The Morgan fingerprint density at radius 2 is 1.79 bits per heavy atom. The highest BCUT2D eigenvalue weighted by molar-refractivity contribution is 7.53. The van der Waals surface area contributed by atoms with E-state index < -0.39 is 18.9 Å².